The highest BCUT2D eigenvalue weighted by Gasteiger charge is 2.20. The van der Waals surface area contributed by atoms with Crippen LogP contribution >= 0.6 is 0 Å². The summed E-state index contributed by atoms with van der Waals surface area (Å²) in [5, 5.41) is 3.49. The SMILES string of the molecule is COC(C)(C)CCOc1cc(CNC2CC2)ccn1. The van der Waals surface area contributed by atoms with Crippen molar-refractivity contribution in [3.05, 3.63) is 23.9 Å². The van der Waals surface area contributed by atoms with Gasteiger partial charge in [0.15, 0.2) is 0 Å². The largest absolute Gasteiger partial charge is 0.478 e. The van der Waals surface area contributed by atoms with Crippen molar-refractivity contribution in [2.75, 3.05) is 13.7 Å². The lowest BCUT2D eigenvalue weighted by Crippen LogP contribution is -2.25. The minimum absolute atomic E-state index is 0.148. The minimum atomic E-state index is -0.148. The van der Waals surface area contributed by atoms with Crippen LogP contribution in [0.4, 0.5) is 0 Å². The van der Waals surface area contributed by atoms with Crippen LogP contribution in [0.15, 0.2) is 18.3 Å². The van der Waals surface area contributed by atoms with E-state index < -0.39 is 0 Å². The zero-order valence-corrected chi connectivity index (χ0v) is 12.1. The molecule has 106 valence electrons. The number of pyridine rings is 1. The van der Waals surface area contributed by atoms with Gasteiger partial charge in [-0.25, -0.2) is 4.98 Å². The molecule has 0 atom stereocenters. The summed E-state index contributed by atoms with van der Waals surface area (Å²) >= 11 is 0. The summed E-state index contributed by atoms with van der Waals surface area (Å²) in [6, 6.07) is 4.76. The molecule has 0 unspecified atom stereocenters. The van der Waals surface area contributed by atoms with Gasteiger partial charge in [0, 0.05) is 38.4 Å². The van der Waals surface area contributed by atoms with Gasteiger partial charge < -0.3 is 14.8 Å². The first-order valence-electron chi connectivity index (χ1n) is 6.95. The van der Waals surface area contributed by atoms with Crippen molar-refractivity contribution in [2.24, 2.45) is 0 Å². The first kappa shape index (κ1) is 14.3. The standard InChI is InChI=1S/C15H24N2O2/c1-15(2,18-3)7-9-19-14-10-12(6-8-16-14)11-17-13-4-5-13/h6,8,10,13,17H,4-5,7,9,11H2,1-3H3. The van der Waals surface area contributed by atoms with E-state index in [0.29, 0.717) is 12.5 Å². The van der Waals surface area contributed by atoms with Crippen LogP contribution in [0.3, 0.4) is 0 Å². The maximum Gasteiger partial charge on any atom is 0.213 e. The molecule has 0 spiro atoms. The normalized spacial score (nSPS) is 15.5. The lowest BCUT2D eigenvalue weighted by atomic mass is 10.1. The predicted octanol–water partition coefficient (Wildman–Crippen LogP) is 2.53. The van der Waals surface area contributed by atoms with E-state index in [9.17, 15) is 0 Å². The van der Waals surface area contributed by atoms with E-state index in [1.807, 2.05) is 12.1 Å². The van der Waals surface area contributed by atoms with E-state index in [1.165, 1.54) is 18.4 Å². The smallest absolute Gasteiger partial charge is 0.213 e. The molecule has 1 saturated carbocycles. The number of aromatic nitrogens is 1. The fourth-order valence-corrected chi connectivity index (χ4v) is 1.69. The van der Waals surface area contributed by atoms with Gasteiger partial charge in [0.25, 0.3) is 0 Å². The highest BCUT2D eigenvalue weighted by molar-refractivity contribution is 5.20. The monoisotopic (exact) mass is 264 g/mol. The molecule has 1 heterocycles. The summed E-state index contributed by atoms with van der Waals surface area (Å²) in [4.78, 5) is 4.24. The summed E-state index contributed by atoms with van der Waals surface area (Å²) in [5.41, 5.74) is 1.08. The summed E-state index contributed by atoms with van der Waals surface area (Å²) in [7, 11) is 1.72. The Bertz CT molecular complexity index is 403. The zero-order valence-electron chi connectivity index (χ0n) is 12.1. The first-order valence-corrected chi connectivity index (χ1v) is 6.95. The predicted molar refractivity (Wildman–Crippen MR) is 75.3 cm³/mol. The van der Waals surface area contributed by atoms with Crippen molar-refractivity contribution in [1.29, 1.82) is 0 Å². The first-order chi connectivity index (χ1) is 9.09. The Balaban J connectivity index is 1.77. The molecule has 0 aromatic carbocycles. The molecule has 0 radical (unpaired) electrons. The van der Waals surface area contributed by atoms with Gasteiger partial charge in [-0.2, -0.15) is 0 Å². The third-order valence-electron chi connectivity index (χ3n) is 3.48. The van der Waals surface area contributed by atoms with Crippen molar-refractivity contribution >= 4 is 0 Å². The van der Waals surface area contributed by atoms with Crippen molar-refractivity contribution in [2.45, 2.75) is 51.3 Å². The van der Waals surface area contributed by atoms with E-state index in [2.05, 4.69) is 24.1 Å². The van der Waals surface area contributed by atoms with Gasteiger partial charge in [-0.15, -0.1) is 0 Å². The van der Waals surface area contributed by atoms with Crippen molar-refractivity contribution < 1.29 is 9.47 Å². The average molecular weight is 264 g/mol. The molecule has 0 aliphatic heterocycles. The quantitative estimate of drug-likeness (QED) is 0.783. The number of hydrogen-bond acceptors (Lipinski definition) is 4. The molecule has 19 heavy (non-hydrogen) atoms. The fourth-order valence-electron chi connectivity index (χ4n) is 1.69. The van der Waals surface area contributed by atoms with Crippen LogP contribution in [0.2, 0.25) is 0 Å². The molecular formula is C15H24N2O2. The second kappa shape index (κ2) is 6.35. The number of nitrogens with one attached hydrogen (secondary N) is 1. The highest BCUT2D eigenvalue weighted by atomic mass is 16.5. The number of rotatable bonds is 8. The molecule has 0 amide bonds. The molecule has 4 nitrogen and oxygen atoms in total. The molecule has 1 aliphatic rings. The van der Waals surface area contributed by atoms with Gasteiger partial charge in [-0.1, -0.05) is 0 Å². The maximum absolute atomic E-state index is 5.69. The van der Waals surface area contributed by atoms with Gasteiger partial charge in [0.2, 0.25) is 5.88 Å². The molecule has 4 heteroatoms. The zero-order chi connectivity index (χ0) is 13.7. The number of methoxy groups -OCH3 is 1. The van der Waals surface area contributed by atoms with Crippen LogP contribution in [0.5, 0.6) is 5.88 Å². The Hall–Kier alpha value is -1.13. The van der Waals surface area contributed by atoms with Gasteiger partial charge >= 0.3 is 0 Å². The summed E-state index contributed by atoms with van der Waals surface area (Å²) in [6.45, 7) is 5.62. The molecule has 1 aromatic rings. The van der Waals surface area contributed by atoms with Crippen molar-refractivity contribution in [3.8, 4) is 5.88 Å². The van der Waals surface area contributed by atoms with E-state index in [-0.39, 0.29) is 5.60 Å². The number of nitrogens with zero attached hydrogens (tertiary/aromatic N) is 1. The molecule has 1 aliphatic carbocycles. The van der Waals surface area contributed by atoms with E-state index >= 15 is 0 Å². The molecule has 0 saturated heterocycles. The van der Waals surface area contributed by atoms with E-state index in [1.54, 1.807) is 13.3 Å². The second-order valence-electron chi connectivity index (χ2n) is 5.72. The molecular weight excluding hydrogens is 240 g/mol. The van der Waals surface area contributed by atoms with Crippen LogP contribution < -0.4 is 10.1 Å². The highest BCUT2D eigenvalue weighted by Crippen LogP contribution is 2.20. The van der Waals surface area contributed by atoms with Gasteiger partial charge in [0.1, 0.15) is 0 Å². The van der Waals surface area contributed by atoms with Crippen LogP contribution in [0.1, 0.15) is 38.7 Å². The summed E-state index contributed by atoms with van der Waals surface area (Å²) < 4.78 is 11.0. The summed E-state index contributed by atoms with van der Waals surface area (Å²) in [6.07, 6.45) is 5.26. The van der Waals surface area contributed by atoms with Crippen LogP contribution in [0.25, 0.3) is 0 Å². The third-order valence-corrected chi connectivity index (χ3v) is 3.48. The fraction of sp³-hybridized carbons (Fsp3) is 0.667. The van der Waals surface area contributed by atoms with Crippen molar-refractivity contribution in [3.63, 3.8) is 0 Å². The molecule has 1 fully saturated rings. The van der Waals surface area contributed by atoms with Crippen LogP contribution in [-0.4, -0.2) is 30.3 Å². The Morgan fingerprint density at radius 1 is 1.42 bits per heavy atom. The van der Waals surface area contributed by atoms with E-state index in [4.69, 9.17) is 9.47 Å². The lowest BCUT2D eigenvalue weighted by molar-refractivity contribution is 0.00508. The lowest BCUT2D eigenvalue weighted by Gasteiger charge is -2.22. The molecule has 1 N–H and O–H groups in total. The number of ether oxygens (including phenoxy) is 2. The minimum Gasteiger partial charge on any atom is -0.478 e. The topological polar surface area (TPSA) is 43.4 Å². The van der Waals surface area contributed by atoms with Gasteiger partial charge in [0.05, 0.1) is 12.2 Å². The van der Waals surface area contributed by atoms with Gasteiger partial charge in [-0.05, 0) is 38.3 Å². The Morgan fingerprint density at radius 2 is 2.21 bits per heavy atom. The Labute approximate surface area is 115 Å². The molecule has 2 rings (SSSR count). The third kappa shape index (κ3) is 5.17. The number of hydrogen-bond donors (Lipinski definition) is 1. The molecule has 1 aromatic heterocycles. The average Bonchev–Trinajstić information content (AvgIpc) is 3.21. The van der Waals surface area contributed by atoms with Crippen molar-refractivity contribution in [1.82, 2.24) is 10.3 Å². The maximum atomic E-state index is 5.69. The van der Waals surface area contributed by atoms with E-state index in [0.717, 1.165) is 19.0 Å². The second-order valence-corrected chi connectivity index (χ2v) is 5.72. The molecule has 0 bridgehead atoms. The Kier molecular flexibility index (Phi) is 4.77. The summed E-state index contributed by atoms with van der Waals surface area (Å²) in [5.74, 6) is 0.696. The Morgan fingerprint density at radius 3 is 2.89 bits per heavy atom. The van der Waals surface area contributed by atoms with Gasteiger partial charge in [-0.3, -0.25) is 0 Å². The van der Waals surface area contributed by atoms with Crippen LogP contribution in [-0.2, 0) is 11.3 Å². The van der Waals surface area contributed by atoms with Crippen LogP contribution in [0, 0.1) is 0 Å².